The normalized spacial score (nSPS) is 24.8. The molecule has 2 aliphatic rings. The van der Waals surface area contributed by atoms with Crippen LogP contribution in [0.5, 0.6) is 17.2 Å². The molecule has 50 heavy (non-hydrogen) atoms. The Morgan fingerprint density at radius 1 is 1.08 bits per heavy atom. The smallest absolute Gasteiger partial charge is 0.231 e. The Bertz CT molecular complexity index is 1870. The number of carbonyl (C=O) groups excluding carboxylic acids is 2. The first-order chi connectivity index (χ1) is 23.7. The number of anilines is 1. The van der Waals surface area contributed by atoms with Crippen LogP contribution >= 0.6 is 0 Å². The topological polar surface area (TPSA) is 293 Å². The number of nitrogens with two attached hydrogens (primary N) is 2. The number of ketones is 2. The summed E-state index contributed by atoms with van der Waals surface area (Å²) < 4.78 is 16.8. The number of rotatable bonds is 10. The van der Waals surface area contributed by atoms with Crippen LogP contribution in [-0.2, 0) is 24.3 Å². The van der Waals surface area contributed by atoms with Crippen LogP contribution < -0.4 is 26.3 Å². The van der Waals surface area contributed by atoms with Crippen molar-refractivity contribution in [1.82, 2.24) is 10.3 Å². The van der Waals surface area contributed by atoms with Crippen LogP contribution in [0.4, 0.5) is 5.82 Å². The SMILES string of the molecule is CN=C(N)NCc1c(C)cc2c(c1O)C(=O)c1c(OC3OC(O)(CO)C(O)(CCc4ccnc(N)c4)C(O)C3O)cc(OC)c(CO)c1C2=O. The van der Waals surface area contributed by atoms with Crippen LogP contribution in [0.1, 0.15) is 60.5 Å². The third-order valence-electron chi connectivity index (χ3n) is 9.15. The van der Waals surface area contributed by atoms with Crippen molar-refractivity contribution in [2.75, 3.05) is 26.5 Å². The first-order valence-electron chi connectivity index (χ1n) is 15.4. The van der Waals surface area contributed by atoms with E-state index < -0.39 is 78.1 Å². The highest BCUT2D eigenvalue weighted by Crippen LogP contribution is 2.46. The molecule has 5 atom stereocenters. The third kappa shape index (κ3) is 5.98. The number of hydrogen-bond donors (Lipinski definition) is 10. The van der Waals surface area contributed by atoms with Crippen LogP contribution in [0.2, 0.25) is 0 Å². The van der Waals surface area contributed by atoms with Crippen molar-refractivity contribution in [1.29, 1.82) is 0 Å². The van der Waals surface area contributed by atoms with Gasteiger partial charge in [0.05, 0.1) is 24.8 Å². The number of benzene rings is 2. The van der Waals surface area contributed by atoms with E-state index in [-0.39, 0.29) is 58.3 Å². The number of phenols is 1. The summed E-state index contributed by atoms with van der Waals surface area (Å²) in [7, 11) is 2.67. The molecule has 0 radical (unpaired) electrons. The Kier molecular flexibility index (Phi) is 10.0. The first-order valence-corrected chi connectivity index (χ1v) is 15.4. The van der Waals surface area contributed by atoms with Crippen molar-refractivity contribution in [3.05, 3.63) is 75.0 Å². The molecular weight excluding hydrogens is 658 g/mol. The molecule has 1 saturated heterocycles. The van der Waals surface area contributed by atoms with Gasteiger partial charge >= 0.3 is 0 Å². The largest absolute Gasteiger partial charge is 0.507 e. The zero-order valence-electron chi connectivity index (χ0n) is 27.4. The number of phenolic OH excluding ortho intramolecular Hbond substituents is 1. The summed E-state index contributed by atoms with van der Waals surface area (Å²) >= 11 is 0. The van der Waals surface area contributed by atoms with Crippen molar-refractivity contribution < 1.29 is 59.5 Å². The summed E-state index contributed by atoms with van der Waals surface area (Å²) in [5.41, 5.74) is 8.56. The van der Waals surface area contributed by atoms with Gasteiger partial charge in [-0.05, 0) is 49.1 Å². The summed E-state index contributed by atoms with van der Waals surface area (Å²) in [6.45, 7) is -0.490. The number of nitrogen functional groups attached to an aromatic ring is 1. The highest BCUT2D eigenvalue weighted by Gasteiger charge is 2.64. The maximum atomic E-state index is 14.3. The van der Waals surface area contributed by atoms with Gasteiger partial charge in [-0.2, -0.15) is 0 Å². The van der Waals surface area contributed by atoms with E-state index in [1.54, 1.807) is 13.0 Å². The summed E-state index contributed by atoms with van der Waals surface area (Å²) in [6.07, 6.45) is -5.43. The molecule has 3 aromatic rings. The number of aliphatic hydroxyl groups is 6. The van der Waals surface area contributed by atoms with Crippen molar-refractivity contribution in [3.8, 4) is 17.2 Å². The number of aliphatic imine (C=N–C) groups is 1. The Balaban J connectivity index is 1.57. The van der Waals surface area contributed by atoms with Crippen LogP contribution in [0, 0.1) is 6.92 Å². The lowest BCUT2D eigenvalue weighted by Crippen LogP contribution is -2.74. The Morgan fingerprint density at radius 3 is 2.42 bits per heavy atom. The first kappa shape index (κ1) is 36.4. The number of methoxy groups -OCH3 is 1. The van der Waals surface area contributed by atoms with Crippen molar-refractivity contribution in [2.45, 2.75) is 62.8 Å². The number of ether oxygens (including phenoxy) is 3. The van der Waals surface area contributed by atoms with E-state index in [1.165, 1.54) is 32.5 Å². The second-order valence-electron chi connectivity index (χ2n) is 12.0. The van der Waals surface area contributed by atoms with Gasteiger partial charge in [0, 0.05) is 48.1 Å². The number of aromatic hydroxyl groups is 1. The lowest BCUT2D eigenvalue weighted by Gasteiger charge is -2.52. The molecule has 17 nitrogen and oxygen atoms in total. The molecule has 17 heteroatoms. The third-order valence-corrected chi connectivity index (χ3v) is 9.15. The van der Waals surface area contributed by atoms with E-state index in [0.29, 0.717) is 11.1 Å². The number of pyridine rings is 1. The number of guanidine groups is 1. The fourth-order valence-corrected chi connectivity index (χ4v) is 6.32. The van der Waals surface area contributed by atoms with Gasteiger partial charge in [0.1, 0.15) is 47.5 Å². The Morgan fingerprint density at radius 2 is 1.80 bits per heavy atom. The maximum Gasteiger partial charge on any atom is 0.231 e. The second-order valence-corrected chi connectivity index (χ2v) is 12.0. The van der Waals surface area contributed by atoms with Gasteiger partial charge < -0.3 is 66.7 Å². The minimum absolute atomic E-state index is 0.00808. The molecule has 0 amide bonds. The summed E-state index contributed by atoms with van der Waals surface area (Å²) in [5, 5.41) is 79.8. The molecule has 2 aromatic carbocycles. The van der Waals surface area contributed by atoms with Gasteiger partial charge in [-0.15, -0.1) is 0 Å². The highest BCUT2D eigenvalue weighted by molar-refractivity contribution is 6.31. The van der Waals surface area contributed by atoms with E-state index in [4.69, 9.17) is 25.7 Å². The fourth-order valence-electron chi connectivity index (χ4n) is 6.32. The molecule has 1 aromatic heterocycles. The summed E-state index contributed by atoms with van der Waals surface area (Å²) in [4.78, 5) is 36.0. The van der Waals surface area contributed by atoms with Crippen LogP contribution in [0.25, 0.3) is 0 Å². The fraction of sp³-hybridized carbons (Fsp3) is 0.394. The van der Waals surface area contributed by atoms with Crippen LogP contribution in [-0.4, -0.2) is 109 Å². The molecule has 0 saturated carbocycles. The number of aromatic nitrogens is 1. The maximum absolute atomic E-state index is 14.3. The molecule has 2 heterocycles. The van der Waals surface area contributed by atoms with Crippen LogP contribution in [0.15, 0.2) is 35.5 Å². The molecule has 12 N–H and O–H groups in total. The zero-order chi connectivity index (χ0) is 36.7. The molecule has 1 aliphatic heterocycles. The van der Waals surface area contributed by atoms with Gasteiger partial charge in [-0.1, -0.05) is 0 Å². The predicted molar refractivity (Wildman–Crippen MR) is 174 cm³/mol. The quantitative estimate of drug-likeness (QED) is 0.0665. The van der Waals surface area contributed by atoms with E-state index in [2.05, 4.69) is 15.3 Å². The van der Waals surface area contributed by atoms with Gasteiger partial charge in [-0.3, -0.25) is 14.6 Å². The lowest BCUT2D eigenvalue weighted by atomic mass is 9.77. The number of fused-ring (bicyclic) bond motifs is 2. The molecule has 5 rings (SSSR count). The zero-order valence-corrected chi connectivity index (χ0v) is 27.4. The molecule has 5 unspecified atom stereocenters. The molecule has 0 spiro atoms. The number of carbonyl (C=O) groups is 2. The molecule has 1 aliphatic carbocycles. The number of aryl methyl sites for hydroxylation is 2. The predicted octanol–water partition coefficient (Wildman–Crippen LogP) is -1.51. The van der Waals surface area contributed by atoms with Crippen LogP contribution in [0.3, 0.4) is 0 Å². The van der Waals surface area contributed by atoms with Crippen molar-refractivity contribution in [3.63, 3.8) is 0 Å². The number of hydrogen-bond acceptors (Lipinski definition) is 15. The van der Waals surface area contributed by atoms with Gasteiger partial charge in [0.15, 0.2) is 11.7 Å². The molecule has 1 fully saturated rings. The van der Waals surface area contributed by atoms with Gasteiger partial charge in [-0.25, -0.2) is 4.98 Å². The Labute approximate surface area is 285 Å². The van der Waals surface area contributed by atoms with Crippen molar-refractivity contribution in [2.24, 2.45) is 10.7 Å². The van der Waals surface area contributed by atoms with E-state index in [1.807, 2.05) is 0 Å². The van der Waals surface area contributed by atoms with E-state index in [0.717, 1.165) is 6.07 Å². The Hall–Kier alpha value is -4.88. The molecular formula is C33H39N5O12. The highest BCUT2D eigenvalue weighted by atomic mass is 16.8. The molecule has 268 valence electrons. The van der Waals surface area contributed by atoms with Gasteiger partial charge in [0.2, 0.25) is 17.9 Å². The molecule has 0 bridgehead atoms. The summed E-state index contributed by atoms with van der Waals surface area (Å²) in [5.74, 6) is -5.53. The van der Waals surface area contributed by atoms with Gasteiger partial charge in [0.25, 0.3) is 0 Å². The summed E-state index contributed by atoms with van der Waals surface area (Å²) in [6, 6.07) is 5.59. The average molecular weight is 698 g/mol. The van der Waals surface area contributed by atoms with E-state index >= 15 is 0 Å². The monoisotopic (exact) mass is 697 g/mol. The van der Waals surface area contributed by atoms with Crippen molar-refractivity contribution >= 4 is 23.3 Å². The minimum Gasteiger partial charge on any atom is -0.507 e. The second kappa shape index (κ2) is 13.8. The standard InChI is InChI=1S/C33H39N5O12/c1-14-8-16-23(26(42)17(14)11-38-31(35)36-2)27(43)24-20(10-19(48-3)18(12-39)22(24)25(16)41)49-30-28(44)29(45)32(46,33(47,13-40)50-30)6-4-15-5-7-37-21(34)9-15/h5,7-10,28-30,39-40,42,44-47H,4,6,11-13H2,1-3H3,(H2,34,37)(H3,35,36,38). The van der Waals surface area contributed by atoms with E-state index in [9.17, 15) is 45.3 Å². The average Bonchev–Trinajstić information content (AvgIpc) is 3.10. The number of nitrogens with zero attached hydrogens (tertiary/aromatic N) is 2. The minimum atomic E-state index is -2.93. The number of aliphatic hydroxyl groups excluding tert-OH is 4. The number of nitrogens with one attached hydrogen (secondary N) is 1. The lowest BCUT2D eigenvalue weighted by molar-refractivity contribution is -0.419.